The highest BCUT2D eigenvalue weighted by Gasteiger charge is 2.32. The Morgan fingerprint density at radius 2 is 1.97 bits per heavy atom. The molecule has 4 aromatic rings. The minimum atomic E-state index is -1.58. The van der Waals surface area contributed by atoms with E-state index in [1.54, 1.807) is 0 Å². The minimum Gasteiger partial charge on any atom is -0.477 e. The Bertz CT molecular complexity index is 1500. The lowest BCUT2D eigenvalue weighted by atomic mass is 10.1. The van der Waals surface area contributed by atoms with Crippen LogP contribution in [0.4, 0.5) is 24.5 Å². The second kappa shape index (κ2) is 6.59. The third kappa shape index (κ3) is 2.63. The maximum Gasteiger partial charge on any atom is 0.342 e. The monoisotopic (exact) mass is 448 g/mol. The standard InChI is InChI=1S/C20H15F3N4O3S/c21-7-1-2-9-10(5-7)31-19-12(20(29)30)18(28)11-15(25)13(22)17(14(23)16(11)27(9)19)26-4-3-8(24)6-26/h1-2,5,8H,3-4,6,24-25H2,(H,29,30). The number of carboxylic acids is 1. The van der Waals surface area contributed by atoms with Crippen LogP contribution in [0.1, 0.15) is 16.8 Å². The molecule has 2 aromatic heterocycles. The molecule has 0 amide bonds. The Balaban J connectivity index is 2.06. The predicted molar refractivity (Wildman–Crippen MR) is 113 cm³/mol. The van der Waals surface area contributed by atoms with E-state index in [4.69, 9.17) is 11.5 Å². The molecule has 31 heavy (non-hydrogen) atoms. The molecule has 5 rings (SSSR count). The van der Waals surface area contributed by atoms with Crippen LogP contribution in [0.15, 0.2) is 23.0 Å². The molecule has 1 unspecified atom stereocenters. The number of aromatic carboxylic acids is 1. The van der Waals surface area contributed by atoms with Crippen molar-refractivity contribution in [2.24, 2.45) is 5.73 Å². The zero-order chi connectivity index (χ0) is 22.2. The van der Waals surface area contributed by atoms with Crippen LogP contribution in [0.5, 0.6) is 0 Å². The Morgan fingerprint density at radius 3 is 2.61 bits per heavy atom. The number of pyridine rings is 1. The summed E-state index contributed by atoms with van der Waals surface area (Å²) in [6.07, 6.45) is 0.519. The summed E-state index contributed by atoms with van der Waals surface area (Å²) in [6.45, 7) is 0.487. The number of carboxylic acid groups (broad SMARTS) is 1. The Morgan fingerprint density at radius 1 is 1.23 bits per heavy atom. The van der Waals surface area contributed by atoms with Gasteiger partial charge >= 0.3 is 5.97 Å². The third-order valence-electron chi connectivity index (χ3n) is 5.59. The van der Waals surface area contributed by atoms with Gasteiger partial charge in [0, 0.05) is 19.1 Å². The predicted octanol–water partition coefficient (Wildman–Crippen LogP) is 2.90. The normalized spacial score (nSPS) is 16.8. The van der Waals surface area contributed by atoms with E-state index in [1.165, 1.54) is 15.4 Å². The summed E-state index contributed by atoms with van der Waals surface area (Å²) in [4.78, 5) is 26.2. The molecule has 1 saturated heterocycles. The van der Waals surface area contributed by atoms with Gasteiger partial charge in [0.2, 0.25) is 5.43 Å². The molecule has 5 N–H and O–H groups in total. The van der Waals surface area contributed by atoms with Crippen molar-refractivity contribution in [3.63, 3.8) is 0 Å². The molecule has 1 aliphatic heterocycles. The van der Waals surface area contributed by atoms with Crippen molar-refractivity contribution >= 4 is 54.6 Å². The average Bonchev–Trinajstić information content (AvgIpc) is 3.28. The lowest BCUT2D eigenvalue weighted by Gasteiger charge is -2.22. The quantitative estimate of drug-likeness (QED) is 0.407. The van der Waals surface area contributed by atoms with Gasteiger partial charge in [-0.15, -0.1) is 11.3 Å². The maximum atomic E-state index is 15.9. The first-order valence-electron chi connectivity index (χ1n) is 9.31. The van der Waals surface area contributed by atoms with Gasteiger partial charge in [-0.25, -0.2) is 18.0 Å². The first-order chi connectivity index (χ1) is 14.7. The SMILES string of the molecule is Nc1c(F)c(N2CCC(N)C2)c(F)c2c1c(=O)c(C(=O)O)c1sc3cc(F)ccc3n12. The van der Waals surface area contributed by atoms with E-state index in [1.807, 2.05) is 0 Å². The number of nitrogen functional groups attached to an aromatic ring is 1. The average molecular weight is 448 g/mol. The molecule has 0 bridgehead atoms. The first-order valence-corrected chi connectivity index (χ1v) is 10.1. The Hall–Kier alpha value is -3.31. The number of nitrogens with zero attached hydrogens (tertiary/aromatic N) is 2. The van der Waals surface area contributed by atoms with Gasteiger partial charge in [0.1, 0.15) is 21.9 Å². The number of carbonyl (C=O) groups is 1. The Labute approximate surface area is 175 Å². The molecule has 2 aromatic carbocycles. The van der Waals surface area contributed by atoms with E-state index in [0.717, 1.165) is 23.5 Å². The molecule has 11 heteroatoms. The topological polar surface area (TPSA) is 114 Å². The van der Waals surface area contributed by atoms with Crippen molar-refractivity contribution in [1.82, 2.24) is 4.40 Å². The fourth-order valence-corrected chi connectivity index (χ4v) is 5.41. The van der Waals surface area contributed by atoms with Gasteiger partial charge in [-0.1, -0.05) is 0 Å². The molecule has 0 aliphatic carbocycles. The van der Waals surface area contributed by atoms with E-state index in [0.29, 0.717) is 17.7 Å². The van der Waals surface area contributed by atoms with Crippen LogP contribution in [0.25, 0.3) is 25.9 Å². The highest BCUT2D eigenvalue weighted by molar-refractivity contribution is 7.24. The van der Waals surface area contributed by atoms with Gasteiger partial charge in [0.25, 0.3) is 0 Å². The van der Waals surface area contributed by atoms with Crippen molar-refractivity contribution in [3.8, 4) is 0 Å². The molecular weight excluding hydrogens is 433 g/mol. The minimum absolute atomic E-state index is 0.0976. The second-order valence-electron chi connectivity index (χ2n) is 7.47. The highest BCUT2D eigenvalue weighted by atomic mass is 32.1. The van der Waals surface area contributed by atoms with Crippen LogP contribution < -0.4 is 21.8 Å². The van der Waals surface area contributed by atoms with Gasteiger partial charge in [0.05, 0.1) is 26.8 Å². The number of rotatable bonds is 2. The van der Waals surface area contributed by atoms with Crippen LogP contribution in [0.3, 0.4) is 0 Å². The van der Waals surface area contributed by atoms with Gasteiger partial charge in [-0.05, 0) is 24.6 Å². The first kappa shape index (κ1) is 19.6. The summed E-state index contributed by atoms with van der Waals surface area (Å²) < 4.78 is 46.3. The number of benzene rings is 2. The fourth-order valence-electron chi connectivity index (χ4n) is 4.20. The molecule has 1 fully saturated rings. The van der Waals surface area contributed by atoms with Crippen molar-refractivity contribution in [2.75, 3.05) is 23.7 Å². The van der Waals surface area contributed by atoms with Crippen LogP contribution >= 0.6 is 11.3 Å². The lowest BCUT2D eigenvalue weighted by molar-refractivity contribution is 0.0697. The van der Waals surface area contributed by atoms with Crippen molar-refractivity contribution in [1.29, 1.82) is 0 Å². The molecule has 0 radical (unpaired) electrons. The number of anilines is 2. The zero-order valence-electron chi connectivity index (χ0n) is 15.8. The summed E-state index contributed by atoms with van der Waals surface area (Å²) in [6, 6.07) is 3.34. The summed E-state index contributed by atoms with van der Waals surface area (Å²) in [5.74, 6) is -4.35. The van der Waals surface area contributed by atoms with Gasteiger partial charge in [0.15, 0.2) is 11.6 Å². The third-order valence-corrected chi connectivity index (χ3v) is 6.71. The number of halogens is 3. The molecule has 0 saturated carbocycles. The van der Waals surface area contributed by atoms with E-state index >= 15 is 8.78 Å². The molecule has 3 heterocycles. The van der Waals surface area contributed by atoms with Crippen LogP contribution in [0, 0.1) is 17.5 Å². The highest BCUT2D eigenvalue weighted by Crippen LogP contribution is 2.40. The molecular formula is C20H15F3N4O3S. The van der Waals surface area contributed by atoms with E-state index in [-0.39, 0.29) is 28.5 Å². The van der Waals surface area contributed by atoms with Crippen molar-refractivity contribution < 1.29 is 23.1 Å². The van der Waals surface area contributed by atoms with Gasteiger partial charge in [-0.3, -0.25) is 9.20 Å². The second-order valence-corrected chi connectivity index (χ2v) is 8.50. The van der Waals surface area contributed by atoms with Gasteiger partial charge in [-0.2, -0.15) is 0 Å². The lowest BCUT2D eigenvalue weighted by Crippen LogP contribution is -2.28. The smallest absolute Gasteiger partial charge is 0.342 e. The number of thiazole rings is 1. The van der Waals surface area contributed by atoms with Crippen molar-refractivity contribution in [2.45, 2.75) is 12.5 Å². The molecule has 1 atom stereocenters. The maximum absolute atomic E-state index is 15.9. The van der Waals surface area contributed by atoms with E-state index < -0.39 is 51.2 Å². The van der Waals surface area contributed by atoms with Crippen molar-refractivity contribution in [3.05, 3.63) is 51.4 Å². The number of fused-ring (bicyclic) bond motifs is 5. The summed E-state index contributed by atoms with van der Waals surface area (Å²) in [7, 11) is 0. The number of hydrogen-bond acceptors (Lipinski definition) is 6. The van der Waals surface area contributed by atoms with Crippen LogP contribution in [-0.2, 0) is 0 Å². The molecule has 0 spiro atoms. The fraction of sp³-hybridized carbons (Fsp3) is 0.200. The van der Waals surface area contributed by atoms with E-state index in [2.05, 4.69) is 0 Å². The van der Waals surface area contributed by atoms with E-state index in [9.17, 15) is 19.1 Å². The number of nitrogens with two attached hydrogens (primary N) is 2. The largest absolute Gasteiger partial charge is 0.477 e. The summed E-state index contributed by atoms with van der Waals surface area (Å²) in [5, 5.41) is 9.09. The zero-order valence-corrected chi connectivity index (χ0v) is 16.6. The summed E-state index contributed by atoms with van der Waals surface area (Å²) in [5.41, 5.74) is 8.87. The van der Waals surface area contributed by atoms with Crippen LogP contribution in [0.2, 0.25) is 0 Å². The molecule has 7 nitrogen and oxygen atoms in total. The molecule has 160 valence electrons. The van der Waals surface area contributed by atoms with Crippen LogP contribution in [-0.4, -0.2) is 34.6 Å². The van der Waals surface area contributed by atoms with Gasteiger partial charge < -0.3 is 21.5 Å². The Kier molecular flexibility index (Phi) is 4.18. The molecule has 1 aliphatic rings. The number of aromatic nitrogens is 1. The number of hydrogen-bond donors (Lipinski definition) is 3. The summed E-state index contributed by atoms with van der Waals surface area (Å²) >= 11 is 0.824.